The molecular formula is C23H30N2O2. The molecule has 4 nitrogen and oxygen atoms in total. The fraction of sp³-hybridized carbons (Fsp3) is 0.435. The summed E-state index contributed by atoms with van der Waals surface area (Å²) in [5.74, 6) is 1.87. The van der Waals surface area contributed by atoms with E-state index in [1.165, 1.54) is 24.1 Å². The highest BCUT2D eigenvalue weighted by Gasteiger charge is 2.16. The molecule has 1 saturated heterocycles. The lowest BCUT2D eigenvalue weighted by Crippen LogP contribution is -2.32. The highest BCUT2D eigenvalue weighted by atomic mass is 16.5. The Bertz CT molecular complexity index is 730. The van der Waals surface area contributed by atoms with Crippen molar-refractivity contribution in [3.63, 3.8) is 0 Å². The van der Waals surface area contributed by atoms with E-state index in [1.807, 2.05) is 36.4 Å². The van der Waals surface area contributed by atoms with E-state index >= 15 is 0 Å². The van der Waals surface area contributed by atoms with Crippen LogP contribution in [0.4, 0.5) is 11.4 Å². The first-order valence-electron chi connectivity index (χ1n) is 9.89. The lowest BCUT2D eigenvalue weighted by atomic mass is 9.99. The van der Waals surface area contributed by atoms with Gasteiger partial charge < -0.3 is 15.0 Å². The molecule has 0 aromatic heterocycles. The van der Waals surface area contributed by atoms with Gasteiger partial charge in [0.25, 0.3) is 5.91 Å². The zero-order valence-corrected chi connectivity index (χ0v) is 16.6. The molecule has 0 atom stereocenters. The molecule has 3 rings (SSSR count). The number of benzene rings is 2. The van der Waals surface area contributed by atoms with Gasteiger partial charge in [0.1, 0.15) is 5.75 Å². The summed E-state index contributed by atoms with van der Waals surface area (Å²) in [6.45, 7) is 8.84. The zero-order valence-electron chi connectivity index (χ0n) is 16.6. The molecule has 0 spiro atoms. The molecule has 1 aliphatic rings. The number of hydrogen-bond donors (Lipinski definition) is 1. The van der Waals surface area contributed by atoms with Gasteiger partial charge in [0.2, 0.25) is 0 Å². The Balaban J connectivity index is 1.47. The molecule has 0 aliphatic carbocycles. The molecule has 0 saturated carbocycles. The maximum atomic E-state index is 12.1. The molecule has 1 N–H and O–H groups in total. The van der Waals surface area contributed by atoms with Gasteiger partial charge >= 0.3 is 0 Å². The van der Waals surface area contributed by atoms with Crippen LogP contribution in [0, 0.1) is 5.92 Å². The fourth-order valence-corrected chi connectivity index (χ4v) is 3.32. The molecule has 0 unspecified atom stereocenters. The largest absolute Gasteiger partial charge is 0.484 e. The van der Waals surface area contributed by atoms with Gasteiger partial charge in [-0.2, -0.15) is 0 Å². The van der Waals surface area contributed by atoms with E-state index in [4.69, 9.17) is 4.74 Å². The molecule has 4 heteroatoms. The Morgan fingerprint density at radius 3 is 2.30 bits per heavy atom. The van der Waals surface area contributed by atoms with Crippen molar-refractivity contribution in [3.05, 3.63) is 54.1 Å². The molecule has 0 radical (unpaired) electrons. The number of anilines is 2. The summed E-state index contributed by atoms with van der Waals surface area (Å²) in [4.78, 5) is 14.5. The van der Waals surface area contributed by atoms with E-state index < -0.39 is 0 Å². The Kier molecular flexibility index (Phi) is 6.38. The number of rotatable bonds is 6. The quantitative estimate of drug-likeness (QED) is 0.776. The summed E-state index contributed by atoms with van der Waals surface area (Å²) < 4.78 is 5.58. The van der Waals surface area contributed by atoms with Crippen LogP contribution in [0.1, 0.15) is 45.1 Å². The lowest BCUT2D eigenvalue weighted by molar-refractivity contribution is -0.118. The second kappa shape index (κ2) is 8.94. The van der Waals surface area contributed by atoms with Crippen LogP contribution in [0.25, 0.3) is 0 Å². The van der Waals surface area contributed by atoms with E-state index in [2.05, 4.69) is 43.1 Å². The maximum absolute atomic E-state index is 12.1. The summed E-state index contributed by atoms with van der Waals surface area (Å²) in [6, 6.07) is 16.0. The Morgan fingerprint density at radius 2 is 1.70 bits per heavy atom. The number of carbonyl (C=O) groups excluding carboxylic acids is 1. The van der Waals surface area contributed by atoms with Crippen LogP contribution in [0.5, 0.6) is 5.75 Å². The van der Waals surface area contributed by atoms with Gasteiger partial charge in [0.05, 0.1) is 0 Å². The van der Waals surface area contributed by atoms with Crippen LogP contribution < -0.4 is 15.0 Å². The van der Waals surface area contributed by atoms with Gasteiger partial charge in [0.15, 0.2) is 6.61 Å². The number of piperidine rings is 1. The van der Waals surface area contributed by atoms with Crippen LogP contribution in [0.3, 0.4) is 0 Å². The second-order valence-electron chi connectivity index (χ2n) is 7.78. The van der Waals surface area contributed by atoms with E-state index in [0.717, 1.165) is 24.7 Å². The molecule has 2 aromatic carbocycles. The number of ether oxygens (including phenoxy) is 1. The summed E-state index contributed by atoms with van der Waals surface area (Å²) in [7, 11) is 0. The number of carbonyl (C=O) groups is 1. The zero-order chi connectivity index (χ0) is 19.2. The van der Waals surface area contributed by atoms with Crippen molar-refractivity contribution in [1.82, 2.24) is 0 Å². The fourth-order valence-electron chi connectivity index (χ4n) is 3.32. The van der Waals surface area contributed by atoms with E-state index in [9.17, 15) is 4.79 Å². The third kappa shape index (κ3) is 5.49. The van der Waals surface area contributed by atoms with Gasteiger partial charge in [-0.3, -0.25) is 4.79 Å². The first kappa shape index (κ1) is 19.3. The monoisotopic (exact) mass is 366 g/mol. The first-order chi connectivity index (χ1) is 13.0. The van der Waals surface area contributed by atoms with Crippen LogP contribution in [0.2, 0.25) is 0 Å². The third-order valence-electron chi connectivity index (χ3n) is 5.22. The summed E-state index contributed by atoms with van der Waals surface area (Å²) in [6.07, 6.45) is 2.49. The Morgan fingerprint density at radius 1 is 1.07 bits per heavy atom. The standard InChI is InChI=1S/C23H30N2O2/c1-17(2)19-4-10-22(11-5-19)27-16-23(26)24-20-6-8-21(9-7-20)25-14-12-18(3)13-15-25/h4-11,17-18H,12-16H2,1-3H3,(H,24,26). The summed E-state index contributed by atoms with van der Waals surface area (Å²) >= 11 is 0. The molecule has 2 aromatic rings. The number of nitrogens with one attached hydrogen (secondary N) is 1. The number of nitrogens with zero attached hydrogens (tertiary/aromatic N) is 1. The first-order valence-corrected chi connectivity index (χ1v) is 9.89. The highest BCUT2D eigenvalue weighted by molar-refractivity contribution is 5.92. The summed E-state index contributed by atoms with van der Waals surface area (Å²) in [5, 5.41) is 2.90. The second-order valence-corrected chi connectivity index (χ2v) is 7.78. The lowest BCUT2D eigenvalue weighted by Gasteiger charge is -2.32. The predicted octanol–water partition coefficient (Wildman–Crippen LogP) is 5.06. The Hall–Kier alpha value is -2.49. The van der Waals surface area contributed by atoms with Gasteiger partial charge in [-0.05, 0) is 66.6 Å². The SMILES string of the molecule is CC1CCN(c2ccc(NC(=O)COc3ccc(C(C)C)cc3)cc2)CC1. The maximum Gasteiger partial charge on any atom is 0.262 e. The number of hydrogen-bond acceptors (Lipinski definition) is 3. The van der Waals surface area contributed by atoms with E-state index in [0.29, 0.717) is 11.7 Å². The van der Waals surface area contributed by atoms with Gasteiger partial charge in [-0.25, -0.2) is 0 Å². The predicted molar refractivity (Wildman–Crippen MR) is 112 cm³/mol. The van der Waals surface area contributed by atoms with Crippen molar-refractivity contribution in [1.29, 1.82) is 0 Å². The minimum atomic E-state index is -0.150. The molecule has 1 aliphatic heterocycles. The van der Waals surface area contributed by atoms with Gasteiger partial charge in [-0.1, -0.05) is 32.9 Å². The van der Waals surface area contributed by atoms with Crippen LogP contribution in [-0.4, -0.2) is 25.6 Å². The summed E-state index contributed by atoms with van der Waals surface area (Å²) in [5.41, 5.74) is 3.28. The molecule has 144 valence electrons. The van der Waals surface area contributed by atoms with Crippen molar-refractivity contribution < 1.29 is 9.53 Å². The molecule has 1 heterocycles. The van der Waals surface area contributed by atoms with Crippen LogP contribution in [0.15, 0.2) is 48.5 Å². The van der Waals surface area contributed by atoms with Crippen molar-refractivity contribution in [3.8, 4) is 5.75 Å². The molecule has 1 fully saturated rings. The average molecular weight is 367 g/mol. The topological polar surface area (TPSA) is 41.6 Å². The van der Waals surface area contributed by atoms with Crippen molar-refractivity contribution in [2.75, 3.05) is 29.9 Å². The van der Waals surface area contributed by atoms with E-state index in [-0.39, 0.29) is 12.5 Å². The molecule has 0 bridgehead atoms. The minimum Gasteiger partial charge on any atom is -0.484 e. The normalized spacial score (nSPS) is 15.0. The highest BCUT2D eigenvalue weighted by Crippen LogP contribution is 2.24. The van der Waals surface area contributed by atoms with Gasteiger partial charge in [0, 0.05) is 24.5 Å². The molecular weight excluding hydrogens is 336 g/mol. The molecule has 1 amide bonds. The van der Waals surface area contributed by atoms with E-state index in [1.54, 1.807) is 0 Å². The molecule has 27 heavy (non-hydrogen) atoms. The number of amides is 1. The van der Waals surface area contributed by atoms with Crippen LogP contribution in [-0.2, 0) is 4.79 Å². The Labute approximate surface area is 162 Å². The van der Waals surface area contributed by atoms with Crippen molar-refractivity contribution >= 4 is 17.3 Å². The smallest absolute Gasteiger partial charge is 0.262 e. The average Bonchev–Trinajstić information content (AvgIpc) is 2.68. The third-order valence-corrected chi connectivity index (χ3v) is 5.22. The van der Waals surface area contributed by atoms with Crippen molar-refractivity contribution in [2.45, 2.75) is 39.5 Å². The van der Waals surface area contributed by atoms with Crippen molar-refractivity contribution in [2.24, 2.45) is 5.92 Å². The minimum absolute atomic E-state index is 0.00674. The van der Waals surface area contributed by atoms with Crippen LogP contribution >= 0.6 is 0 Å². The van der Waals surface area contributed by atoms with Gasteiger partial charge in [-0.15, -0.1) is 0 Å².